The molecule has 0 saturated carbocycles. The summed E-state index contributed by atoms with van der Waals surface area (Å²) in [5.41, 5.74) is 3.59. The third-order valence-corrected chi connectivity index (χ3v) is 6.50. The smallest absolute Gasteiger partial charge is 0.247 e. The van der Waals surface area contributed by atoms with Crippen LogP contribution >= 0.6 is 0 Å². The zero-order chi connectivity index (χ0) is 21.6. The first-order valence-corrected chi connectivity index (χ1v) is 11.3. The first-order chi connectivity index (χ1) is 15.1. The molecule has 0 spiro atoms. The minimum atomic E-state index is 0.456. The highest BCUT2D eigenvalue weighted by Gasteiger charge is 2.32. The van der Waals surface area contributed by atoms with E-state index in [4.69, 9.17) is 4.42 Å². The molecule has 31 heavy (non-hydrogen) atoms. The Labute approximate surface area is 184 Å². The molecule has 0 radical (unpaired) electrons. The molecule has 0 fully saturated rings. The molecule has 3 unspecified atom stereocenters. The van der Waals surface area contributed by atoms with Crippen molar-refractivity contribution in [2.24, 2.45) is 23.7 Å². The molecule has 2 heterocycles. The quantitative estimate of drug-likeness (QED) is 0.389. The van der Waals surface area contributed by atoms with Crippen LogP contribution in [0.4, 0.5) is 0 Å². The molecule has 0 bridgehead atoms. The number of allylic oxidation sites excluding steroid dienone is 1. The van der Waals surface area contributed by atoms with Crippen molar-refractivity contribution in [1.82, 2.24) is 25.5 Å². The van der Waals surface area contributed by atoms with Gasteiger partial charge in [0.25, 0.3) is 0 Å². The fourth-order valence-corrected chi connectivity index (χ4v) is 4.67. The Bertz CT molecular complexity index is 961. The summed E-state index contributed by atoms with van der Waals surface area (Å²) in [5, 5.41) is 12.2. The lowest BCUT2D eigenvalue weighted by atomic mass is 9.70. The molecular weight excluding hydrogens is 386 g/mol. The van der Waals surface area contributed by atoms with Crippen LogP contribution in [0.1, 0.15) is 38.8 Å². The Balaban J connectivity index is 1.37. The van der Waals surface area contributed by atoms with Gasteiger partial charge in [-0.25, -0.2) is 4.98 Å². The topological polar surface area (TPSA) is 79.6 Å². The fourth-order valence-electron chi connectivity index (χ4n) is 4.67. The molecule has 6 heteroatoms. The second-order valence-corrected chi connectivity index (χ2v) is 9.02. The van der Waals surface area contributed by atoms with Crippen LogP contribution in [0.2, 0.25) is 0 Å². The molecule has 164 valence electrons. The largest absolute Gasteiger partial charge is 0.421 e. The molecule has 1 aliphatic carbocycles. The van der Waals surface area contributed by atoms with Crippen LogP contribution < -0.4 is 5.32 Å². The Hall–Kier alpha value is -2.73. The molecule has 1 aliphatic rings. The molecule has 1 aromatic carbocycles. The van der Waals surface area contributed by atoms with Crippen LogP contribution in [0.3, 0.4) is 0 Å². The number of H-pyrrole nitrogens is 1. The van der Waals surface area contributed by atoms with E-state index >= 15 is 0 Å². The second-order valence-electron chi connectivity index (χ2n) is 9.02. The normalized spacial score (nSPS) is 21.4. The van der Waals surface area contributed by atoms with Gasteiger partial charge in [-0.2, -0.15) is 0 Å². The SMILES string of the molecule is CC1=CC(CNCCc2cnc[nH]2)C(C(C)C)CC1Cc1nnc(-c2ccccc2)o1. The number of nitrogens with zero attached hydrogens (tertiary/aromatic N) is 3. The number of aromatic amines is 1. The molecule has 0 saturated heterocycles. The lowest BCUT2D eigenvalue weighted by molar-refractivity contribution is 0.218. The number of nitrogens with one attached hydrogen (secondary N) is 2. The van der Waals surface area contributed by atoms with E-state index in [9.17, 15) is 0 Å². The van der Waals surface area contributed by atoms with E-state index in [0.29, 0.717) is 29.6 Å². The highest BCUT2D eigenvalue weighted by molar-refractivity contribution is 5.51. The minimum absolute atomic E-state index is 0.456. The molecule has 3 aromatic rings. The number of hydrogen-bond donors (Lipinski definition) is 2. The van der Waals surface area contributed by atoms with Gasteiger partial charge in [0.15, 0.2) is 0 Å². The van der Waals surface area contributed by atoms with Gasteiger partial charge in [-0.05, 0) is 49.1 Å². The summed E-state index contributed by atoms with van der Waals surface area (Å²) < 4.78 is 5.99. The van der Waals surface area contributed by atoms with Crippen molar-refractivity contribution >= 4 is 0 Å². The number of aromatic nitrogens is 4. The van der Waals surface area contributed by atoms with E-state index in [0.717, 1.165) is 43.8 Å². The van der Waals surface area contributed by atoms with Crippen molar-refractivity contribution in [1.29, 1.82) is 0 Å². The van der Waals surface area contributed by atoms with Gasteiger partial charge < -0.3 is 14.7 Å². The summed E-state index contributed by atoms with van der Waals surface area (Å²) >= 11 is 0. The van der Waals surface area contributed by atoms with Gasteiger partial charge in [0.05, 0.1) is 6.33 Å². The van der Waals surface area contributed by atoms with E-state index in [1.54, 1.807) is 6.33 Å². The van der Waals surface area contributed by atoms with Gasteiger partial charge >= 0.3 is 0 Å². The average Bonchev–Trinajstić information content (AvgIpc) is 3.45. The van der Waals surface area contributed by atoms with E-state index in [-0.39, 0.29) is 0 Å². The van der Waals surface area contributed by atoms with Crippen molar-refractivity contribution in [2.75, 3.05) is 13.1 Å². The maximum Gasteiger partial charge on any atom is 0.247 e. The molecule has 3 atom stereocenters. The summed E-state index contributed by atoms with van der Waals surface area (Å²) in [7, 11) is 0. The van der Waals surface area contributed by atoms with Gasteiger partial charge in [-0.15, -0.1) is 10.2 Å². The number of hydrogen-bond acceptors (Lipinski definition) is 5. The fraction of sp³-hybridized carbons (Fsp3) is 0.480. The summed E-state index contributed by atoms with van der Waals surface area (Å²) in [5.74, 6) is 3.63. The molecule has 0 aliphatic heterocycles. The lowest BCUT2D eigenvalue weighted by Gasteiger charge is -2.37. The van der Waals surface area contributed by atoms with Crippen LogP contribution in [0, 0.1) is 23.7 Å². The Morgan fingerprint density at radius 3 is 2.77 bits per heavy atom. The van der Waals surface area contributed by atoms with Gasteiger partial charge in [0.1, 0.15) is 0 Å². The van der Waals surface area contributed by atoms with E-state index in [1.165, 1.54) is 11.3 Å². The van der Waals surface area contributed by atoms with Crippen LogP contribution in [-0.4, -0.2) is 33.3 Å². The molecular formula is C25H33N5O. The molecule has 0 amide bonds. The maximum absolute atomic E-state index is 5.99. The molecule has 2 aromatic heterocycles. The van der Waals surface area contributed by atoms with E-state index < -0.39 is 0 Å². The van der Waals surface area contributed by atoms with Crippen molar-refractivity contribution in [3.05, 3.63) is 66.1 Å². The van der Waals surface area contributed by atoms with Gasteiger partial charge in [0.2, 0.25) is 11.8 Å². The molecule has 2 N–H and O–H groups in total. The summed E-state index contributed by atoms with van der Waals surface area (Å²) in [6, 6.07) is 9.97. The average molecular weight is 420 g/mol. The molecule has 6 nitrogen and oxygen atoms in total. The monoisotopic (exact) mass is 419 g/mol. The van der Waals surface area contributed by atoms with Crippen molar-refractivity contribution in [3.63, 3.8) is 0 Å². The van der Waals surface area contributed by atoms with E-state index in [2.05, 4.69) is 52.3 Å². The second kappa shape index (κ2) is 10.1. The van der Waals surface area contributed by atoms with Crippen LogP contribution in [0.15, 0.2) is 58.9 Å². The Kier molecular flexibility index (Phi) is 6.97. The molecule has 4 rings (SSSR count). The van der Waals surface area contributed by atoms with Gasteiger partial charge in [-0.1, -0.05) is 43.7 Å². The number of benzene rings is 1. The van der Waals surface area contributed by atoms with Crippen molar-refractivity contribution in [3.8, 4) is 11.5 Å². The van der Waals surface area contributed by atoms with E-state index in [1.807, 2.05) is 36.5 Å². The first kappa shape index (κ1) is 21.5. The zero-order valence-corrected chi connectivity index (χ0v) is 18.7. The lowest BCUT2D eigenvalue weighted by Crippen LogP contribution is -2.35. The Morgan fingerprint density at radius 2 is 2.03 bits per heavy atom. The highest BCUT2D eigenvalue weighted by Crippen LogP contribution is 2.38. The Morgan fingerprint density at radius 1 is 1.19 bits per heavy atom. The number of rotatable bonds is 9. The predicted octanol–water partition coefficient (Wildman–Crippen LogP) is 4.69. The zero-order valence-electron chi connectivity index (χ0n) is 18.7. The van der Waals surface area contributed by atoms with Crippen molar-refractivity contribution < 1.29 is 4.42 Å². The summed E-state index contributed by atoms with van der Waals surface area (Å²) in [6.07, 6.45) is 9.07. The van der Waals surface area contributed by atoms with Crippen LogP contribution in [0.25, 0.3) is 11.5 Å². The third kappa shape index (κ3) is 5.50. The van der Waals surface area contributed by atoms with Gasteiger partial charge in [-0.3, -0.25) is 0 Å². The summed E-state index contributed by atoms with van der Waals surface area (Å²) in [4.78, 5) is 7.26. The van der Waals surface area contributed by atoms with Crippen molar-refractivity contribution in [2.45, 2.75) is 40.0 Å². The standard InChI is InChI=1S/C25H33N5O/c1-17(2)23-12-20(13-24-29-30-25(31-24)19-7-5-4-6-8-19)18(3)11-21(23)14-26-10-9-22-15-27-16-28-22/h4-8,11,15-17,20-21,23,26H,9-10,12-14H2,1-3H3,(H,27,28). The first-order valence-electron chi connectivity index (χ1n) is 11.3. The third-order valence-electron chi connectivity index (χ3n) is 6.50. The maximum atomic E-state index is 5.99. The predicted molar refractivity (Wildman–Crippen MR) is 122 cm³/mol. The number of imidazole rings is 1. The highest BCUT2D eigenvalue weighted by atomic mass is 16.4. The van der Waals surface area contributed by atoms with Gasteiger partial charge in [0, 0.05) is 43.4 Å². The summed E-state index contributed by atoms with van der Waals surface area (Å²) in [6.45, 7) is 8.92. The van der Waals surface area contributed by atoms with Crippen LogP contribution in [-0.2, 0) is 12.8 Å². The van der Waals surface area contributed by atoms with Crippen LogP contribution in [0.5, 0.6) is 0 Å². The minimum Gasteiger partial charge on any atom is -0.421 e.